The van der Waals surface area contributed by atoms with Crippen LogP contribution in [0.5, 0.6) is 0 Å². The molecular formula is C12H15F2N5O. The summed E-state index contributed by atoms with van der Waals surface area (Å²) in [6.45, 7) is 1.73. The number of tetrazole rings is 1. The van der Waals surface area contributed by atoms with Crippen LogP contribution in [0.4, 0.5) is 14.5 Å². The van der Waals surface area contributed by atoms with Gasteiger partial charge >= 0.3 is 0 Å². The molecule has 0 saturated carbocycles. The molecule has 0 fully saturated rings. The molecule has 2 N–H and O–H groups in total. The van der Waals surface area contributed by atoms with Crippen LogP contribution < -0.4 is 5.73 Å². The van der Waals surface area contributed by atoms with Crippen LogP contribution in [-0.4, -0.2) is 39.8 Å². The number of ether oxygens (including phenoxy) is 1. The summed E-state index contributed by atoms with van der Waals surface area (Å²) >= 11 is 0. The number of halogens is 2. The van der Waals surface area contributed by atoms with Gasteiger partial charge in [0.2, 0.25) is 0 Å². The third-order valence-corrected chi connectivity index (χ3v) is 2.67. The number of hydrogen-bond donors (Lipinski definition) is 1. The molecule has 0 amide bonds. The summed E-state index contributed by atoms with van der Waals surface area (Å²) in [4.78, 5) is 0. The highest BCUT2D eigenvalue weighted by Gasteiger charge is 2.12. The van der Waals surface area contributed by atoms with Crippen LogP contribution in [0.15, 0.2) is 18.2 Å². The number of aromatic nitrogens is 4. The summed E-state index contributed by atoms with van der Waals surface area (Å²) in [6, 6.07) is 5.53. The number of anilines is 1. The maximum atomic E-state index is 12.0. The lowest BCUT2D eigenvalue weighted by molar-refractivity contribution is 0.0140. The molecule has 0 aliphatic carbocycles. The number of hydrogen-bond acceptors (Lipinski definition) is 5. The second-order valence-electron chi connectivity index (χ2n) is 4.28. The zero-order valence-corrected chi connectivity index (χ0v) is 11.0. The van der Waals surface area contributed by atoms with Gasteiger partial charge < -0.3 is 10.5 Å². The first-order valence-corrected chi connectivity index (χ1v) is 6.06. The minimum absolute atomic E-state index is 0.105. The third-order valence-electron chi connectivity index (χ3n) is 2.67. The summed E-state index contributed by atoms with van der Waals surface area (Å²) in [5, 5.41) is 11.3. The third kappa shape index (κ3) is 3.47. The maximum Gasteiger partial charge on any atom is 0.261 e. The quantitative estimate of drug-likeness (QED) is 0.642. The van der Waals surface area contributed by atoms with E-state index in [0.29, 0.717) is 17.1 Å². The zero-order chi connectivity index (χ0) is 14.5. The van der Waals surface area contributed by atoms with Gasteiger partial charge in [-0.3, -0.25) is 0 Å². The molecule has 0 aliphatic rings. The molecule has 108 valence electrons. The normalized spacial score (nSPS) is 11.2. The predicted molar refractivity (Wildman–Crippen MR) is 69.2 cm³/mol. The van der Waals surface area contributed by atoms with E-state index < -0.39 is 13.0 Å². The summed E-state index contributed by atoms with van der Waals surface area (Å²) < 4.78 is 30.2. The Labute approximate surface area is 114 Å². The highest BCUT2D eigenvalue weighted by Crippen LogP contribution is 2.24. The maximum absolute atomic E-state index is 12.0. The standard InChI is InChI=1S/C12H15F2N5O/c1-8-2-3-10(15)9(6-8)12-16-17-18-19(12)4-5-20-7-11(13)14/h2-3,6,11H,4-5,7,15H2,1H3. The van der Waals surface area contributed by atoms with Crippen molar-refractivity contribution in [3.05, 3.63) is 23.8 Å². The van der Waals surface area contributed by atoms with Crippen molar-refractivity contribution < 1.29 is 13.5 Å². The minimum Gasteiger partial charge on any atom is -0.398 e. The van der Waals surface area contributed by atoms with Gasteiger partial charge in [-0.25, -0.2) is 13.5 Å². The average Bonchev–Trinajstić information content (AvgIpc) is 2.85. The monoisotopic (exact) mass is 283 g/mol. The van der Waals surface area contributed by atoms with E-state index in [2.05, 4.69) is 15.5 Å². The van der Waals surface area contributed by atoms with Crippen molar-refractivity contribution in [3.8, 4) is 11.4 Å². The highest BCUT2D eigenvalue weighted by molar-refractivity contribution is 5.71. The highest BCUT2D eigenvalue weighted by atomic mass is 19.3. The molecule has 0 atom stereocenters. The van der Waals surface area contributed by atoms with Gasteiger partial charge in [-0.05, 0) is 29.5 Å². The van der Waals surface area contributed by atoms with Gasteiger partial charge in [0.25, 0.3) is 6.43 Å². The molecule has 2 rings (SSSR count). The molecule has 0 saturated heterocycles. The van der Waals surface area contributed by atoms with Crippen molar-refractivity contribution in [1.82, 2.24) is 20.2 Å². The first-order chi connectivity index (χ1) is 9.58. The molecule has 0 unspecified atom stereocenters. The second-order valence-corrected chi connectivity index (χ2v) is 4.28. The predicted octanol–water partition coefficient (Wildman–Crippen LogP) is 1.51. The molecule has 2 aromatic rings. The molecule has 20 heavy (non-hydrogen) atoms. The van der Waals surface area contributed by atoms with Crippen molar-refractivity contribution in [1.29, 1.82) is 0 Å². The van der Waals surface area contributed by atoms with Crippen molar-refractivity contribution in [3.63, 3.8) is 0 Å². The lowest BCUT2D eigenvalue weighted by Gasteiger charge is -2.08. The molecular weight excluding hydrogens is 268 g/mol. The number of nitrogen functional groups attached to an aromatic ring is 1. The minimum atomic E-state index is -2.48. The van der Waals surface area contributed by atoms with E-state index in [1.54, 1.807) is 6.07 Å². The molecule has 1 aromatic carbocycles. The van der Waals surface area contributed by atoms with Gasteiger partial charge in [-0.15, -0.1) is 5.10 Å². The molecule has 0 radical (unpaired) electrons. The lowest BCUT2D eigenvalue weighted by atomic mass is 10.1. The molecule has 8 heteroatoms. The zero-order valence-electron chi connectivity index (χ0n) is 11.0. The number of benzene rings is 1. The van der Waals surface area contributed by atoms with Crippen LogP contribution in [-0.2, 0) is 11.3 Å². The van der Waals surface area contributed by atoms with Gasteiger partial charge in [0.05, 0.1) is 13.2 Å². The van der Waals surface area contributed by atoms with Crippen LogP contribution in [0.2, 0.25) is 0 Å². The van der Waals surface area contributed by atoms with E-state index in [9.17, 15) is 8.78 Å². The first-order valence-electron chi connectivity index (χ1n) is 6.06. The Kier molecular flexibility index (Phi) is 4.57. The fourth-order valence-electron chi connectivity index (χ4n) is 1.74. The Morgan fingerprint density at radius 2 is 2.20 bits per heavy atom. The Morgan fingerprint density at radius 3 is 2.95 bits per heavy atom. The van der Waals surface area contributed by atoms with Gasteiger partial charge in [-0.2, -0.15) is 0 Å². The fraction of sp³-hybridized carbons (Fsp3) is 0.417. The van der Waals surface area contributed by atoms with Gasteiger partial charge in [0.15, 0.2) is 5.82 Å². The molecule has 0 spiro atoms. The Balaban J connectivity index is 2.10. The molecule has 6 nitrogen and oxygen atoms in total. The van der Waals surface area contributed by atoms with E-state index in [0.717, 1.165) is 5.56 Å². The lowest BCUT2D eigenvalue weighted by Crippen LogP contribution is -2.13. The number of rotatable bonds is 6. The second kappa shape index (κ2) is 6.38. The van der Waals surface area contributed by atoms with Gasteiger partial charge in [0.1, 0.15) is 6.61 Å². The van der Waals surface area contributed by atoms with Crippen LogP contribution in [0.3, 0.4) is 0 Å². The SMILES string of the molecule is Cc1ccc(N)c(-c2nnnn2CCOCC(F)F)c1. The van der Waals surface area contributed by atoms with E-state index in [4.69, 9.17) is 10.5 Å². The van der Waals surface area contributed by atoms with E-state index in [1.165, 1.54) is 4.68 Å². The van der Waals surface area contributed by atoms with Gasteiger partial charge in [0, 0.05) is 11.3 Å². The fourth-order valence-corrected chi connectivity index (χ4v) is 1.74. The van der Waals surface area contributed by atoms with Crippen molar-refractivity contribution >= 4 is 5.69 Å². The summed E-state index contributed by atoms with van der Waals surface area (Å²) in [6.07, 6.45) is -2.48. The molecule has 0 aliphatic heterocycles. The molecule has 0 bridgehead atoms. The smallest absolute Gasteiger partial charge is 0.261 e. The molecule has 1 aromatic heterocycles. The number of alkyl halides is 2. The number of nitrogens with zero attached hydrogens (tertiary/aromatic N) is 4. The van der Waals surface area contributed by atoms with E-state index in [-0.39, 0.29) is 13.2 Å². The van der Waals surface area contributed by atoms with Crippen LogP contribution >= 0.6 is 0 Å². The average molecular weight is 283 g/mol. The first kappa shape index (κ1) is 14.3. The number of nitrogens with two attached hydrogens (primary N) is 1. The van der Waals surface area contributed by atoms with Crippen molar-refractivity contribution in [2.45, 2.75) is 19.9 Å². The van der Waals surface area contributed by atoms with E-state index >= 15 is 0 Å². The number of aryl methyl sites for hydroxylation is 1. The molecule has 1 heterocycles. The van der Waals surface area contributed by atoms with Crippen molar-refractivity contribution in [2.75, 3.05) is 18.9 Å². The van der Waals surface area contributed by atoms with Crippen LogP contribution in [0, 0.1) is 6.92 Å². The Hall–Kier alpha value is -2.09. The van der Waals surface area contributed by atoms with Crippen LogP contribution in [0.1, 0.15) is 5.56 Å². The largest absolute Gasteiger partial charge is 0.398 e. The van der Waals surface area contributed by atoms with Crippen molar-refractivity contribution in [2.24, 2.45) is 0 Å². The topological polar surface area (TPSA) is 78.9 Å². The summed E-state index contributed by atoms with van der Waals surface area (Å²) in [5.74, 6) is 0.492. The van der Waals surface area contributed by atoms with E-state index in [1.807, 2.05) is 19.1 Å². The van der Waals surface area contributed by atoms with Crippen LogP contribution in [0.25, 0.3) is 11.4 Å². The summed E-state index contributed by atoms with van der Waals surface area (Å²) in [7, 11) is 0. The Morgan fingerprint density at radius 1 is 1.40 bits per heavy atom. The summed E-state index contributed by atoms with van der Waals surface area (Å²) in [5.41, 5.74) is 8.20. The Bertz CT molecular complexity index is 573. The van der Waals surface area contributed by atoms with Gasteiger partial charge in [-0.1, -0.05) is 11.6 Å².